The highest BCUT2D eigenvalue weighted by Gasteiger charge is 2.24. The number of rotatable bonds is 10. The van der Waals surface area contributed by atoms with E-state index in [0.717, 1.165) is 27.4 Å². The molecule has 1 N–H and O–H groups in total. The monoisotopic (exact) mass is 471 g/mol. The van der Waals surface area contributed by atoms with E-state index in [1.54, 1.807) is 22.8 Å². The van der Waals surface area contributed by atoms with Crippen molar-refractivity contribution < 1.29 is 28.6 Å². The second-order valence-corrected chi connectivity index (χ2v) is 8.38. The highest BCUT2D eigenvalue weighted by molar-refractivity contribution is 6.08. The minimum atomic E-state index is -1.13. The maximum absolute atomic E-state index is 12.2. The summed E-state index contributed by atoms with van der Waals surface area (Å²) in [6, 6.07) is 20.7. The van der Waals surface area contributed by atoms with E-state index in [1.165, 1.54) is 13.2 Å². The molecular formula is C28H25NO6. The number of carboxylic acids is 1. The van der Waals surface area contributed by atoms with Crippen LogP contribution in [0.5, 0.6) is 5.75 Å². The quantitative estimate of drug-likeness (QED) is 0.194. The summed E-state index contributed by atoms with van der Waals surface area (Å²) in [5.41, 5.74) is 2.98. The van der Waals surface area contributed by atoms with Gasteiger partial charge >= 0.3 is 5.97 Å². The number of aromatic nitrogens is 1. The first-order valence-electron chi connectivity index (χ1n) is 11.5. The number of Topliss-reactive ketones (excluding diaryl/α,β-unsaturated/α-hetero) is 1. The molecule has 5 rings (SSSR count). The molecule has 0 amide bonds. The number of benzene rings is 2. The summed E-state index contributed by atoms with van der Waals surface area (Å²) in [4.78, 5) is 23.8. The first-order chi connectivity index (χ1) is 17.0. The molecule has 1 atom stereocenters. The zero-order valence-corrected chi connectivity index (χ0v) is 19.3. The Morgan fingerprint density at radius 2 is 1.60 bits per heavy atom. The first-order valence-corrected chi connectivity index (χ1v) is 11.5. The fourth-order valence-corrected chi connectivity index (χ4v) is 4.41. The van der Waals surface area contributed by atoms with Crippen LogP contribution in [0, 0.1) is 0 Å². The van der Waals surface area contributed by atoms with Crippen LogP contribution in [0.2, 0.25) is 0 Å². The number of para-hydroxylation sites is 2. The molecule has 0 saturated carbocycles. The molecule has 0 spiro atoms. The summed E-state index contributed by atoms with van der Waals surface area (Å²) in [7, 11) is 0. The van der Waals surface area contributed by atoms with E-state index in [1.807, 2.05) is 48.5 Å². The van der Waals surface area contributed by atoms with Crippen LogP contribution >= 0.6 is 0 Å². The van der Waals surface area contributed by atoms with Gasteiger partial charge < -0.3 is 23.6 Å². The summed E-state index contributed by atoms with van der Waals surface area (Å²) in [5.74, 6) is 0.177. The maximum atomic E-state index is 12.2. The van der Waals surface area contributed by atoms with Crippen LogP contribution in [0.1, 0.15) is 36.4 Å². The Bertz CT molecular complexity index is 1430. The molecular weight excluding hydrogens is 446 g/mol. The van der Waals surface area contributed by atoms with Gasteiger partial charge in [-0.15, -0.1) is 0 Å². The second-order valence-electron chi connectivity index (χ2n) is 8.38. The molecule has 2 aliphatic rings. The van der Waals surface area contributed by atoms with Gasteiger partial charge in [-0.2, -0.15) is 0 Å². The number of carboxylic acid groups (broad SMARTS) is 1. The van der Waals surface area contributed by atoms with Gasteiger partial charge in [0.15, 0.2) is 5.78 Å². The van der Waals surface area contributed by atoms with Crippen molar-refractivity contribution in [3.8, 4) is 17.1 Å². The van der Waals surface area contributed by atoms with E-state index in [2.05, 4.69) is 0 Å². The van der Waals surface area contributed by atoms with Gasteiger partial charge in [0.1, 0.15) is 11.5 Å². The lowest BCUT2D eigenvalue weighted by molar-refractivity contribution is -0.156. The highest BCUT2D eigenvalue weighted by Crippen LogP contribution is 2.35. The zero-order chi connectivity index (χ0) is 24.4. The van der Waals surface area contributed by atoms with E-state index in [9.17, 15) is 14.7 Å². The number of aliphatic carboxylic acids is 1. The van der Waals surface area contributed by atoms with Gasteiger partial charge in [-0.25, -0.2) is 4.79 Å². The van der Waals surface area contributed by atoms with E-state index in [-0.39, 0.29) is 12.4 Å². The molecule has 7 heteroatoms. The largest absolute Gasteiger partial charge is 0.493 e. The van der Waals surface area contributed by atoms with E-state index in [0.29, 0.717) is 36.5 Å². The molecule has 35 heavy (non-hydrogen) atoms. The van der Waals surface area contributed by atoms with Crippen molar-refractivity contribution in [3.05, 3.63) is 78.6 Å². The van der Waals surface area contributed by atoms with Gasteiger partial charge in [-0.05, 0) is 44.0 Å². The molecule has 7 nitrogen and oxygen atoms in total. The number of carbonyl (C=O) groups excluding carboxylic acids is 1. The average Bonchev–Trinajstić information content (AvgIpc) is 3.44. The van der Waals surface area contributed by atoms with Gasteiger partial charge in [0.05, 0.1) is 29.5 Å². The fraction of sp³-hybridized carbons (Fsp3) is 0.214. The third-order valence-corrected chi connectivity index (χ3v) is 6.07. The summed E-state index contributed by atoms with van der Waals surface area (Å²) >= 11 is 0. The molecule has 1 aliphatic heterocycles. The number of fused-ring (bicyclic) bond motifs is 4. The molecule has 0 bridgehead atoms. The first kappa shape index (κ1) is 22.7. The number of ketones is 1. The molecule has 2 heterocycles. The molecule has 0 saturated heterocycles. The second kappa shape index (κ2) is 9.64. The zero-order valence-electron chi connectivity index (χ0n) is 19.3. The Kier molecular flexibility index (Phi) is 6.25. The summed E-state index contributed by atoms with van der Waals surface area (Å²) in [5, 5.41) is 11.9. The van der Waals surface area contributed by atoms with Gasteiger partial charge in [0.2, 0.25) is 6.23 Å². The lowest BCUT2D eigenvalue weighted by Crippen LogP contribution is -2.22. The number of ether oxygens (including phenoxy) is 2. The summed E-state index contributed by atoms with van der Waals surface area (Å²) in [6.45, 7) is 2.21. The normalized spacial score (nSPS) is 12.4. The van der Waals surface area contributed by atoms with Crippen molar-refractivity contribution in [2.24, 2.45) is 0 Å². The van der Waals surface area contributed by atoms with Gasteiger partial charge in [0.25, 0.3) is 0 Å². The highest BCUT2D eigenvalue weighted by atomic mass is 16.5. The van der Waals surface area contributed by atoms with Crippen LogP contribution < -0.4 is 4.74 Å². The smallest absolute Gasteiger partial charge is 0.354 e. The molecule has 0 radical (unpaired) electrons. The number of hydrogen-bond donors (Lipinski definition) is 1. The Morgan fingerprint density at radius 3 is 2.26 bits per heavy atom. The molecule has 1 unspecified atom stereocenters. The minimum Gasteiger partial charge on any atom is -0.493 e. The van der Waals surface area contributed by atoms with E-state index in [4.69, 9.17) is 13.9 Å². The van der Waals surface area contributed by atoms with E-state index >= 15 is 0 Å². The Hall–Kier alpha value is -4.10. The fourth-order valence-electron chi connectivity index (χ4n) is 4.41. The predicted molar refractivity (Wildman–Crippen MR) is 132 cm³/mol. The van der Waals surface area contributed by atoms with Crippen molar-refractivity contribution in [2.75, 3.05) is 13.2 Å². The molecule has 1 aromatic heterocycles. The maximum Gasteiger partial charge on any atom is 0.354 e. The molecule has 178 valence electrons. The van der Waals surface area contributed by atoms with Crippen LogP contribution in [0.4, 0.5) is 0 Å². The van der Waals surface area contributed by atoms with Crippen LogP contribution in [0.25, 0.3) is 33.1 Å². The molecule has 2 aromatic carbocycles. The summed E-state index contributed by atoms with van der Waals surface area (Å²) < 4.78 is 19.0. The van der Waals surface area contributed by atoms with Gasteiger partial charge in [-0.3, -0.25) is 4.79 Å². The molecule has 1 aliphatic carbocycles. The van der Waals surface area contributed by atoms with Crippen molar-refractivity contribution in [1.29, 1.82) is 0 Å². The van der Waals surface area contributed by atoms with Crippen molar-refractivity contribution in [3.63, 3.8) is 0 Å². The lowest BCUT2D eigenvalue weighted by atomic mass is 10.2. The molecule has 3 aromatic rings. The summed E-state index contributed by atoms with van der Waals surface area (Å²) in [6.07, 6.45) is 1.70. The SMILES string of the molecule is CC(=O)c1cc2occc(OCCCCOC(C(=O)O)n3c4ccccc4c4ccccc43)c-2c1. The van der Waals surface area contributed by atoms with Crippen LogP contribution in [-0.2, 0) is 9.53 Å². The van der Waals surface area contributed by atoms with Gasteiger partial charge in [0, 0.05) is 29.0 Å². The van der Waals surface area contributed by atoms with Crippen molar-refractivity contribution >= 4 is 33.6 Å². The van der Waals surface area contributed by atoms with Crippen LogP contribution in [0.15, 0.2) is 77.4 Å². The number of unbranched alkanes of at least 4 members (excludes halogenated alkanes) is 1. The molecule has 0 fully saturated rings. The van der Waals surface area contributed by atoms with Crippen molar-refractivity contribution in [1.82, 2.24) is 4.57 Å². The average molecular weight is 472 g/mol. The standard InChI is InChI=1S/C28H25NO6/c1-18(30)19-16-22-25(12-15-34-26(22)17-19)33-13-6-7-14-35-27(28(31)32)29-23-10-4-2-8-20(23)21-9-3-5-11-24(21)29/h2-5,8-12,15-17,27H,6-7,13-14H2,1H3,(H,31,32). The number of nitrogens with zero attached hydrogens (tertiary/aromatic N) is 1. The number of carbonyl (C=O) groups is 2. The third kappa shape index (κ3) is 4.38. The van der Waals surface area contributed by atoms with Gasteiger partial charge in [-0.1, -0.05) is 36.4 Å². The predicted octanol–water partition coefficient (Wildman–Crippen LogP) is 6.15. The topological polar surface area (TPSA) is 90.9 Å². The minimum absolute atomic E-state index is 0.0317. The third-order valence-electron chi connectivity index (χ3n) is 6.07. The Labute approximate surface area is 201 Å². The van der Waals surface area contributed by atoms with Crippen molar-refractivity contribution in [2.45, 2.75) is 26.0 Å². The van der Waals surface area contributed by atoms with Crippen LogP contribution in [-0.4, -0.2) is 34.6 Å². The Morgan fingerprint density at radius 1 is 0.943 bits per heavy atom. The lowest BCUT2D eigenvalue weighted by Gasteiger charge is -2.18. The Balaban J connectivity index is 1.23. The van der Waals surface area contributed by atoms with Crippen LogP contribution in [0.3, 0.4) is 0 Å². The van der Waals surface area contributed by atoms with E-state index < -0.39 is 12.2 Å². The number of hydrogen-bond acceptors (Lipinski definition) is 5.